The molecule has 0 bridgehead atoms. The first-order chi connectivity index (χ1) is 3.27. The van der Waals surface area contributed by atoms with Gasteiger partial charge in [0.25, 0.3) is 6.47 Å². The van der Waals surface area contributed by atoms with Gasteiger partial charge in [0.2, 0.25) is 0 Å². The van der Waals surface area contributed by atoms with Crippen LogP contribution >= 0.6 is 0 Å². The van der Waals surface area contributed by atoms with Gasteiger partial charge in [-0.3, -0.25) is 4.79 Å². The Kier molecular flexibility index (Phi) is 8.30. The first-order valence-corrected chi connectivity index (χ1v) is 2.00. The van der Waals surface area contributed by atoms with Crippen LogP contribution in [0.4, 0.5) is 0 Å². The number of carbonyl (C=O) groups excluding carboxylic acids is 1. The maximum Gasteiger partial charge on any atom is 0.293 e. The van der Waals surface area contributed by atoms with Gasteiger partial charge in [0.05, 0.1) is 6.10 Å². The standard InChI is InChI=1S/C4H8O3.H3N/c1-4(6)2-7-3-5;/h3-4,6H,2H2,1H3;1H3. The van der Waals surface area contributed by atoms with Crippen LogP contribution in [0.2, 0.25) is 0 Å². The summed E-state index contributed by atoms with van der Waals surface area (Å²) in [5, 5.41) is 8.40. The van der Waals surface area contributed by atoms with Crippen LogP contribution in [0.1, 0.15) is 6.92 Å². The monoisotopic (exact) mass is 121 g/mol. The summed E-state index contributed by atoms with van der Waals surface area (Å²) >= 11 is 0. The Balaban J connectivity index is 0. The molecule has 0 aromatic rings. The highest BCUT2D eigenvalue weighted by molar-refractivity contribution is 5.36. The first kappa shape index (κ1) is 10.4. The molecule has 0 aromatic carbocycles. The van der Waals surface area contributed by atoms with E-state index in [0.29, 0.717) is 6.47 Å². The van der Waals surface area contributed by atoms with Crippen LogP contribution < -0.4 is 6.15 Å². The number of ether oxygens (including phenoxy) is 1. The third kappa shape index (κ3) is 9.04. The molecule has 1 atom stereocenters. The van der Waals surface area contributed by atoms with Crippen molar-refractivity contribution in [1.29, 1.82) is 0 Å². The maximum absolute atomic E-state index is 9.38. The van der Waals surface area contributed by atoms with E-state index in [9.17, 15) is 4.79 Å². The predicted octanol–water partition coefficient (Wildman–Crippen LogP) is -0.298. The molecular weight excluding hydrogens is 110 g/mol. The van der Waals surface area contributed by atoms with Gasteiger partial charge in [-0.15, -0.1) is 0 Å². The molecule has 4 N–H and O–H groups in total. The quantitative estimate of drug-likeness (QED) is 0.502. The lowest BCUT2D eigenvalue weighted by molar-refractivity contribution is -0.131. The van der Waals surface area contributed by atoms with E-state index in [4.69, 9.17) is 5.11 Å². The zero-order chi connectivity index (χ0) is 5.70. The molecule has 0 aliphatic heterocycles. The molecule has 0 rings (SSSR count). The van der Waals surface area contributed by atoms with Gasteiger partial charge in [-0.05, 0) is 6.92 Å². The Morgan fingerprint density at radius 3 is 2.50 bits per heavy atom. The van der Waals surface area contributed by atoms with Crippen molar-refractivity contribution < 1.29 is 14.6 Å². The summed E-state index contributed by atoms with van der Waals surface area (Å²) in [6.45, 7) is 1.94. The number of aliphatic hydroxyl groups excluding tert-OH is 1. The summed E-state index contributed by atoms with van der Waals surface area (Å²) in [6, 6.07) is 0. The fourth-order valence-corrected chi connectivity index (χ4v) is 0.179. The fraction of sp³-hybridized carbons (Fsp3) is 0.750. The molecule has 1 unspecified atom stereocenters. The van der Waals surface area contributed by atoms with Crippen LogP contribution in [0.5, 0.6) is 0 Å². The van der Waals surface area contributed by atoms with Crippen LogP contribution in [0.25, 0.3) is 0 Å². The third-order valence-electron chi connectivity index (χ3n) is 0.405. The topological polar surface area (TPSA) is 81.5 Å². The van der Waals surface area contributed by atoms with E-state index in [0.717, 1.165) is 0 Å². The molecule has 0 heterocycles. The minimum atomic E-state index is -0.551. The van der Waals surface area contributed by atoms with Gasteiger partial charge in [-0.1, -0.05) is 0 Å². The highest BCUT2D eigenvalue weighted by Gasteiger charge is 1.90. The van der Waals surface area contributed by atoms with E-state index in [1.54, 1.807) is 6.92 Å². The van der Waals surface area contributed by atoms with Crippen molar-refractivity contribution in [2.24, 2.45) is 0 Å². The number of aliphatic hydroxyl groups is 1. The van der Waals surface area contributed by atoms with Crippen molar-refractivity contribution in [3.8, 4) is 0 Å². The summed E-state index contributed by atoms with van der Waals surface area (Å²) in [4.78, 5) is 9.38. The number of hydrogen-bond acceptors (Lipinski definition) is 4. The van der Waals surface area contributed by atoms with E-state index in [1.807, 2.05) is 0 Å². The highest BCUT2D eigenvalue weighted by Crippen LogP contribution is 1.76. The van der Waals surface area contributed by atoms with E-state index in [1.165, 1.54) is 0 Å². The Hall–Kier alpha value is -0.610. The summed E-state index contributed by atoms with van der Waals surface area (Å²) in [6.07, 6.45) is -0.551. The molecular formula is C4H11NO3. The van der Waals surface area contributed by atoms with Gasteiger partial charge in [-0.25, -0.2) is 0 Å². The van der Waals surface area contributed by atoms with Crippen molar-refractivity contribution in [2.45, 2.75) is 13.0 Å². The van der Waals surface area contributed by atoms with Crippen molar-refractivity contribution in [3.05, 3.63) is 0 Å². The zero-order valence-corrected chi connectivity index (χ0v) is 4.83. The molecule has 0 saturated heterocycles. The van der Waals surface area contributed by atoms with Crippen LogP contribution in [0.15, 0.2) is 0 Å². The summed E-state index contributed by atoms with van der Waals surface area (Å²) in [5.74, 6) is 0. The molecule has 50 valence electrons. The van der Waals surface area contributed by atoms with Crippen molar-refractivity contribution in [2.75, 3.05) is 6.61 Å². The normalized spacial score (nSPS) is 11.2. The second-order valence-electron chi connectivity index (χ2n) is 1.28. The van der Waals surface area contributed by atoms with E-state index in [-0.39, 0.29) is 12.8 Å². The molecule has 4 nitrogen and oxygen atoms in total. The average Bonchev–Trinajstić information content (AvgIpc) is 1.61. The van der Waals surface area contributed by atoms with Crippen LogP contribution in [0, 0.1) is 0 Å². The molecule has 0 aliphatic carbocycles. The number of rotatable bonds is 3. The van der Waals surface area contributed by atoms with Crippen molar-refractivity contribution in [3.63, 3.8) is 0 Å². The summed E-state index contributed by atoms with van der Waals surface area (Å²) in [5.41, 5.74) is 0. The van der Waals surface area contributed by atoms with Gasteiger partial charge in [0, 0.05) is 0 Å². The van der Waals surface area contributed by atoms with Gasteiger partial charge in [-0.2, -0.15) is 0 Å². The minimum absolute atomic E-state index is 0. The maximum atomic E-state index is 9.38. The average molecular weight is 121 g/mol. The fourth-order valence-electron chi connectivity index (χ4n) is 0.179. The third-order valence-corrected chi connectivity index (χ3v) is 0.405. The predicted molar refractivity (Wildman–Crippen MR) is 28.7 cm³/mol. The SMILES string of the molecule is CC(O)COC=O.N. The molecule has 0 aliphatic rings. The van der Waals surface area contributed by atoms with Gasteiger partial charge in [0.1, 0.15) is 6.61 Å². The summed E-state index contributed by atoms with van der Waals surface area (Å²) in [7, 11) is 0. The van der Waals surface area contributed by atoms with Crippen molar-refractivity contribution in [1.82, 2.24) is 6.15 Å². The molecule has 0 fully saturated rings. The van der Waals surface area contributed by atoms with E-state index in [2.05, 4.69) is 4.74 Å². The van der Waals surface area contributed by atoms with Crippen LogP contribution in [-0.2, 0) is 9.53 Å². The Morgan fingerprint density at radius 2 is 2.38 bits per heavy atom. The molecule has 0 aromatic heterocycles. The van der Waals surface area contributed by atoms with Crippen LogP contribution in [0.3, 0.4) is 0 Å². The zero-order valence-electron chi connectivity index (χ0n) is 4.83. The number of carbonyl (C=O) groups is 1. The van der Waals surface area contributed by atoms with Gasteiger partial charge in [0.15, 0.2) is 0 Å². The Bertz CT molecular complexity index is 55.2. The van der Waals surface area contributed by atoms with E-state index >= 15 is 0 Å². The van der Waals surface area contributed by atoms with Crippen LogP contribution in [-0.4, -0.2) is 24.3 Å². The second-order valence-corrected chi connectivity index (χ2v) is 1.28. The first-order valence-electron chi connectivity index (χ1n) is 2.00. The molecule has 0 spiro atoms. The largest absolute Gasteiger partial charge is 0.465 e. The van der Waals surface area contributed by atoms with Gasteiger partial charge >= 0.3 is 0 Å². The van der Waals surface area contributed by atoms with Crippen molar-refractivity contribution >= 4 is 6.47 Å². The smallest absolute Gasteiger partial charge is 0.293 e. The molecule has 8 heavy (non-hydrogen) atoms. The van der Waals surface area contributed by atoms with Gasteiger partial charge < -0.3 is 16.0 Å². The lowest BCUT2D eigenvalue weighted by atomic mass is 10.5. The lowest BCUT2D eigenvalue weighted by Gasteiger charge is -1.97. The number of hydrogen-bond donors (Lipinski definition) is 2. The highest BCUT2D eigenvalue weighted by atomic mass is 16.5. The molecule has 0 radical (unpaired) electrons. The lowest BCUT2D eigenvalue weighted by Crippen LogP contribution is -2.08. The Morgan fingerprint density at radius 1 is 1.88 bits per heavy atom. The Labute approximate surface area is 48.0 Å². The summed E-state index contributed by atoms with van der Waals surface area (Å²) < 4.78 is 4.16. The molecule has 4 heteroatoms. The molecule has 0 amide bonds. The molecule has 0 saturated carbocycles. The minimum Gasteiger partial charge on any atom is -0.465 e. The second kappa shape index (κ2) is 6.39. The van der Waals surface area contributed by atoms with E-state index < -0.39 is 6.10 Å².